The second-order valence-corrected chi connectivity index (χ2v) is 6.19. The molecule has 0 fully saturated rings. The zero-order valence-electron chi connectivity index (χ0n) is 11.5. The van der Waals surface area contributed by atoms with Gasteiger partial charge < -0.3 is 5.73 Å². The fourth-order valence-corrected chi connectivity index (χ4v) is 3.28. The van der Waals surface area contributed by atoms with Crippen molar-refractivity contribution in [2.45, 2.75) is 19.0 Å². The van der Waals surface area contributed by atoms with E-state index < -0.39 is 0 Å². The molecule has 1 aromatic carbocycles. The van der Waals surface area contributed by atoms with E-state index in [1.165, 1.54) is 10.9 Å². The molecule has 108 valence electrons. The quantitative estimate of drug-likeness (QED) is 0.895. The number of rotatable bonds is 5. The molecule has 2 N–H and O–H groups in total. The monoisotopic (exact) mass is 312 g/mol. The van der Waals surface area contributed by atoms with Crippen LogP contribution in [0.2, 0.25) is 5.02 Å². The van der Waals surface area contributed by atoms with Gasteiger partial charge in [-0.2, -0.15) is 0 Å². The van der Waals surface area contributed by atoms with Crippen LogP contribution in [0, 0.1) is 5.82 Å². The highest BCUT2D eigenvalue weighted by atomic mass is 35.5. The normalized spacial score (nSPS) is 14.5. The lowest BCUT2D eigenvalue weighted by molar-refractivity contribution is 0.189. The molecule has 2 nitrogen and oxygen atoms in total. The molecule has 2 aromatic rings. The summed E-state index contributed by atoms with van der Waals surface area (Å²) in [6.45, 7) is 2.45. The van der Waals surface area contributed by atoms with Gasteiger partial charge in [0.25, 0.3) is 0 Å². The number of nitrogens with zero attached hydrogens (tertiary/aromatic N) is 1. The lowest BCUT2D eigenvalue weighted by Crippen LogP contribution is -2.33. The van der Waals surface area contributed by atoms with E-state index in [4.69, 9.17) is 17.3 Å². The van der Waals surface area contributed by atoms with E-state index in [-0.39, 0.29) is 17.9 Å². The largest absolute Gasteiger partial charge is 0.329 e. The molecule has 5 heteroatoms. The molecule has 2 atom stereocenters. The first-order valence-corrected chi connectivity index (χ1v) is 7.70. The Kier molecular flexibility index (Phi) is 5.16. The van der Waals surface area contributed by atoms with Crippen LogP contribution in [-0.2, 0) is 0 Å². The SMILES string of the molecule is CC(c1cccs1)N(C)C(CN)c1ccc(Cl)cc1F. The topological polar surface area (TPSA) is 29.3 Å². The number of hydrogen-bond donors (Lipinski definition) is 1. The molecule has 20 heavy (non-hydrogen) atoms. The standard InChI is InChI=1S/C15H18ClFN2S/c1-10(15-4-3-7-20-15)19(2)14(9-18)12-6-5-11(16)8-13(12)17/h3-8,10,14H,9,18H2,1-2H3. The predicted octanol–water partition coefficient (Wildman–Crippen LogP) is 4.23. The maximum atomic E-state index is 14.1. The molecule has 1 aromatic heterocycles. The van der Waals surface area contributed by atoms with Crippen LogP contribution in [-0.4, -0.2) is 18.5 Å². The molecule has 0 radical (unpaired) electrons. The molecule has 2 rings (SSSR count). The highest BCUT2D eigenvalue weighted by Gasteiger charge is 2.24. The summed E-state index contributed by atoms with van der Waals surface area (Å²) in [4.78, 5) is 3.33. The van der Waals surface area contributed by atoms with E-state index >= 15 is 0 Å². The van der Waals surface area contributed by atoms with Gasteiger partial charge in [-0.3, -0.25) is 4.90 Å². The van der Waals surface area contributed by atoms with Crippen LogP contribution in [0.4, 0.5) is 4.39 Å². The van der Waals surface area contributed by atoms with Gasteiger partial charge in [0, 0.05) is 28.0 Å². The van der Waals surface area contributed by atoms with Crippen LogP contribution in [0.3, 0.4) is 0 Å². The van der Waals surface area contributed by atoms with E-state index in [2.05, 4.69) is 17.9 Å². The Hall–Kier alpha value is -0.940. The van der Waals surface area contributed by atoms with Gasteiger partial charge in [0.05, 0.1) is 6.04 Å². The van der Waals surface area contributed by atoms with Gasteiger partial charge in [-0.25, -0.2) is 4.39 Å². The van der Waals surface area contributed by atoms with Gasteiger partial charge in [0.1, 0.15) is 5.82 Å². The van der Waals surface area contributed by atoms with Gasteiger partial charge in [-0.15, -0.1) is 11.3 Å². The molecule has 0 aliphatic carbocycles. The number of benzene rings is 1. The lowest BCUT2D eigenvalue weighted by atomic mass is 10.0. The third-order valence-corrected chi connectivity index (χ3v) is 4.88. The first kappa shape index (κ1) is 15.4. The van der Waals surface area contributed by atoms with E-state index in [0.717, 1.165) is 0 Å². The van der Waals surface area contributed by atoms with E-state index in [9.17, 15) is 4.39 Å². The summed E-state index contributed by atoms with van der Waals surface area (Å²) in [6.07, 6.45) is 0. The molecule has 0 spiro atoms. The summed E-state index contributed by atoms with van der Waals surface area (Å²) in [5.41, 5.74) is 6.45. The van der Waals surface area contributed by atoms with E-state index in [1.807, 2.05) is 18.5 Å². The average Bonchev–Trinajstić information content (AvgIpc) is 2.94. The van der Waals surface area contributed by atoms with Crippen LogP contribution in [0.1, 0.15) is 29.4 Å². The summed E-state index contributed by atoms with van der Waals surface area (Å²) in [5.74, 6) is -0.307. The van der Waals surface area contributed by atoms with Crippen LogP contribution in [0.15, 0.2) is 35.7 Å². The minimum atomic E-state index is -0.307. The number of nitrogens with two attached hydrogens (primary N) is 1. The maximum Gasteiger partial charge on any atom is 0.129 e. The Bertz CT molecular complexity index is 559. The van der Waals surface area contributed by atoms with Gasteiger partial charge in [0.15, 0.2) is 0 Å². The van der Waals surface area contributed by atoms with Gasteiger partial charge in [0.2, 0.25) is 0 Å². The molecule has 0 saturated carbocycles. The van der Waals surface area contributed by atoms with E-state index in [0.29, 0.717) is 17.1 Å². The number of hydrogen-bond acceptors (Lipinski definition) is 3. The average molecular weight is 313 g/mol. The zero-order valence-corrected chi connectivity index (χ0v) is 13.1. The van der Waals surface area contributed by atoms with Gasteiger partial charge in [-0.1, -0.05) is 23.7 Å². The Labute approximate surface area is 128 Å². The smallest absolute Gasteiger partial charge is 0.129 e. The summed E-state index contributed by atoms with van der Waals surface area (Å²) in [6, 6.07) is 8.85. The highest BCUT2D eigenvalue weighted by Crippen LogP contribution is 2.32. The first-order valence-electron chi connectivity index (χ1n) is 6.45. The van der Waals surface area contributed by atoms with Crippen LogP contribution >= 0.6 is 22.9 Å². The Morgan fingerprint density at radius 2 is 2.15 bits per heavy atom. The summed E-state index contributed by atoms with van der Waals surface area (Å²) < 4.78 is 14.1. The minimum absolute atomic E-state index is 0.177. The Morgan fingerprint density at radius 3 is 2.70 bits per heavy atom. The Balaban J connectivity index is 2.27. The number of likely N-dealkylation sites (N-methyl/N-ethyl adjacent to an activating group) is 1. The maximum absolute atomic E-state index is 14.1. The van der Waals surface area contributed by atoms with Crippen molar-refractivity contribution in [3.05, 3.63) is 57.0 Å². The summed E-state index contributed by atoms with van der Waals surface area (Å²) in [5, 5.41) is 2.44. The molecular formula is C15H18ClFN2S. The molecule has 0 aliphatic heterocycles. The second-order valence-electron chi connectivity index (χ2n) is 4.77. The zero-order chi connectivity index (χ0) is 14.7. The molecule has 0 amide bonds. The Morgan fingerprint density at radius 1 is 1.40 bits per heavy atom. The third kappa shape index (κ3) is 3.20. The van der Waals surface area contributed by atoms with Crippen LogP contribution in [0.25, 0.3) is 0 Å². The predicted molar refractivity (Wildman–Crippen MR) is 83.7 cm³/mol. The minimum Gasteiger partial charge on any atom is -0.329 e. The second kappa shape index (κ2) is 6.68. The van der Waals surface area contributed by atoms with Crippen molar-refractivity contribution in [3.8, 4) is 0 Å². The van der Waals surface area contributed by atoms with Crippen molar-refractivity contribution in [2.24, 2.45) is 5.73 Å². The molecule has 2 unspecified atom stereocenters. The lowest BCUT2D eigenvalue weighted by Gasteiger charge is -2.32. The van der Waals surface area contributed by atoms with Crippen molar-refractivity contribution in [1.82, 2.24) is 4.90 Å². The fraction of sp³-hybridized carbons (Fsp3) is 0.333. The van der Waals surface area contributed by atoms with Gasteiger partial charge in [-0.05, 0) is 37.6 Å². The first-order chi connectivity index (χ1) is 9.54. The molecule has 0 saturated heterocycles. The summed E-state index contributed by atoms with van der Waals surface area (Å²) in [7, 11) is 1.97. The van der Waals surface area contributed by atoms with Crippen molar-refractivity contribution >= 4 is 22.9 Å². The van der Waals surface area contributed by atoms with Crippen molar-refractivity contribution in [2.75, 3.05) is 13.6 Å². The molecular weight excluding hydrogens is 295 g/mol. The van der Waals surface area contributed by atoms with E-state index in [1.54, 1.807) is 23.5 Å². The highest BCUT2D eigenvalue weighted by molar-refractivity contribution is 7.10. The third-order valence-electron chi connectivity index (χ3n) is 3.60. The van der Waals surface area contributed by atoms with Crippen molar-refractivity contribution in [1.29, 1.82) is 0 Å². The summed E-state index contributed by atoms with van der Waals surface area (Å²) >= 11 is 7.50. The van der Waals surface area contributed by atoms with Crippen molar-refractivity contribution in [3.63, 3.8) is 0 Å². The fourth-order valence-electron chi connectivity index (χ4n) is 2.28. The molecule has 0 aliphatic rings. The van der Waals surface area contributed by atoms with Crippen LogP contribution < -0.4 is 5.73 Å². The number of halogens is 2. The molecule has 0 bridgehead atoms. The van der Waals surface area contributed by atoms with Crippen LogP contribution in [0.5, 0.6) is 0 Å². The number of thiophene rings is 1. The molecule has 1 heterocycles. The van der Waals surface area contributed by atoms with Gasteiger partial charge >= 0.3 is 0 Å². The van der Waals surface area contributed by atoms with Crippen molar-refractivity contribution < 1.29 is 4.39 Å².